The lowest BCUT2D eigenvalue weighted by atomic mass is 9.92. The van der Waals surface area contributed by atoms with Crippen LogP contribution in [0.15, 0.2) is 180 Å². The largest absolute Gasteiger partial charge is 0.456 e. The van der Waals surface area contributed by atoms with E-state index in [4.69, 9.17) is 19.4 Å². The second-order valence-corrected chi connectivity index (χ2v) is 15.4. The van der Waals surface area contributed by atoms with E-state index >= 15 is 0 Å². The van der Waals surface area contributed by atoms with Gasteiger partial charge in [-0.05, 0) is 68.4 Å². The number of fused-ring (bicyclic) bond motifs is 11. The van der Waals surface area contributed by atoms with Gasteiger partial charge in [0.05, 0.1) is 0 Å². The average Bonchev–Trinajstić information content (AvgIpc) is 3.84. The van der Waals surface area contributed by atoms with Gasteiger partial charge in [0, 0.05) is 53.0 Å². The predicted octanol–water partition coefficient (Wildman–Crippen LogP) is 14.3. The van der Waals surface area contributed by atoms with Crippen LogP contribution < -0.4 is 0 Å². The van der Waals surface area contributed by atoms with Crippen LogP contribution in [0.5, 0.6) is 0 Å². The number of hydrogen-bond donors (Lipinski definition) is 0. The van der Waals surface area contributed by atoms with Crippen LogP contribution in [0.25, 0.3) is 120 Å². The number of nitrogens with zero attached hydrogens (tertiary/aromatic N) is 3. The molecule has 4 nitrogen and oxygen atoms in total. The number of aromatic nitrogens is 3. The molecule has 0 spiro atoms. The monoisotopic (exact) mass is 731 g/mol. The van der Waals surface area contributed by atoms with Crippen LogP contribution in [-0.4, -0.2) is 15.0 Å². The SMILES string of the molecule is c1ccc(-c2cccc3oc4ccccc4c23)c(-c2nc(-c3ccc4c(c3)sc3ccccc34)nc(-c3cc4ccccc4c4ccc5ccccc5c34)n2)c1. The molecule has 0 fully saturated rings. The molecule has 0 aliphatic heterocycles. The highest BCUT2D eigenvalue weighted by Crippen LogP contribution is 2.43. The predicted molar refractivity (Wildman–Crippen MR) is 234 cm³/mol. The van der Waals surface area contributed by atoms with Gasteiger partial charge in [-0.25, -0.2) is 15.0 Å². The first kappa shape index (κ1) is 31.2. The summed E-state index contributed by atoms with van der Waals surface area (Å²) in [7, 11) is 0. The fourth-order valence-corrected chi connectivity index (χ4v) is 9.73. The highest BCUT2D eigenvalue weighted by molar-refractivity contribution is 7.25. The van der Waals surface area contributed by atoms with E-state index in [0.29, 0.717) is 17.5 Å². The lowest BCUT2D eigenvalue weighted by Gasteiger charge is -2.15. The quantitative estimate of drug-likeness (QED) is 0.169. The first-order valence-electron chi connectivity index (χ1n) is 18.8. The summed E-state index contributed by atoms with van der Waals surface area (Å²) in [6.45, 7) is 0. The summed E-state index contributed by atoms with van der Waals surface area (Å²) in [6.07, 6.45) is 0. The zero-order valence-corrected chi connectivity index (χ0v) is 30.7. The molecule has 0 atom stereocenters. The molecule has 56 heavy (non-hydrogen) atoms. The Morgan fingerprint density at radius 3 is 1.86 bits per heavy atom. The van der Waals surface area contributed by atoms with Crippen LogP contribution in [0.1, 0.15) is 0 Å². The molecule has 9 aromatic carbocycles. The van der Waals surface area contributed by atoms with E-state index < -0.39 is 0 Å². The fourth-order valence-electron chi connectivity index (χ4n) is 8.58. The molecule has 3 aromatic heterocycles. The molecule has 260 valence electrons. The third-order valence-corrected chi connectivity index (χ3v) is 12.3. The van der Waals surface area contributed by atoms with Gasteiger partial charge in [0.2, 0.25) is 0 Å². The number of thiophene rings is 1. The van der Waals surface area contributed by atoms with Gasteiger partial charge in [-0.15, -0.1) is 11.3 Å². The Kier molecular flexibility index (Phi) is 6.76. The van der Waals surface area contributed by atoms with Crippen molar-refractivity contribution in [1.82, 2.24) is 15.0 Å². The van der Waals surface area contributed by atoms with Crippen LogP contribution >= 0.6 is 11.3 Å². The molecule has 0 saturated carbocycles. The van der Waals surface area contributed by atoms with Gasteiger partial charge in [0.15, 0.2) is 17.5 Å². The normalized spacial score (nSPS) is 11.9. The van der Waals surface area contributed by atoms with Gasteiger partial charge in [0.25, 0.3) is 0 Å². The summed E-state index contributed by atoms with van der Waals surface area (Å²) >= 11 is 1.80. The summed E-state index contributed by atoms with van der Waals surface area (Å²) in [4.78, 5) is 16.1. The molecule has 0 aliphatic carbocycles. The Labute approximate surface area is 325 Å². The highest BCUT2D eigenvalue weighted by Gasteiger charge is 2.21. The number of furan rings is 1. The molecule has 0 radical (unpaired) electrons. The molecule has 3 heterocycles. The Balaban J connectivity index is 1.17. The number of rotatable bonds is 4. The molecule has 5 heteroatoms. The van der Waals surface area contributed by atoms with Crippen LogP contribution in [0, 0.1) is 0 Å². The lowest BCUT2D eigenvalue weighted by Crippen LogP contribution is -2.02. The maximum Gasteiger partial charge on any atom is 0.164 e. The zero-order chi connectivity index (χ0) is 36.7. The van der Waals surface area contributed by atoms with E-state index in [9.17, 15) is 0 Å². The van der Waals surface area contributed by atoms with Crippen molar-refractivity contribution in [3.63, 3.8) is 0 Å². The maximum absolute atomic E-state index is 6.34. The second-order valence-electron chi connectivity index (χ2n) is 14.3. The molecule has 0 saturated heterocycles. The first-order chi connectivity index (χ1) is 27.7. The maximum atomic E-state index is 6.34. The first-order valence-corrected chi connectivity index (χ1v) is 19.6. The Hall–Kier alpha value is -7.21. The van der Waals surface area contributed by atoms with Gasteiger partial charge in [0.1, 0.15) is 11.2 Å². The van der Waals surface area contributed by atoms with Crippen LogP contribution in [-0.2, 0) is 0 Å². The summed E-state index contributed by atoms with van der Waals surface area (Å²) in [5, 5.41) is 11.6. The van der Waals surface area contributed by atoms with E-state index in [1.807, 2.05) is 18.2 Å². The summed E-state index contributed by atoms with van der Waals surface area (Å²) in [5.41, 5.74) is 6.66. The highest BCUT2D eigenvalue weighted by atomic mass is 32.1. The van der Waals surface area contributed by atoms with Crippen molar-refractivity contribution in [2.45, 2.75) is 0 Å². The minimum Gasteiger partial charge on any atom is -0.456 e. The number of para-hydroxylation sites is 1. The van der Waals surface area contributed by atoms with Crippen molar-refractivity contribution in [2.24, 2.45) is 0 Å². The summed E-state index contributed by atoms with van der Waals surface area (Å²) < 4.78 is 8.81. The molecular weight excluding hydrogens is 703 g/mol. The van der Waals surface area contributed by atoms with Crippen molar-refractivity contribution in [3.8, 4) is 45.3 Å². The smallest absolute Gasteiger partial charge is 0.164 e. The Bertz CT molecular complexity index is 3560. The van der Waals surface area contributed by atoms with E-state index in [-0.39, 0.29) is 0 Å². The molecule has 12 rings (SSSR count). The molecule has 0 unspecified atom stereocenters. The minimum atomic E-state index is 0.614. The zero-order valence-electron chi connectivity index (χ0n) is 29.9. The van der Waals surface area contributed by atoms with Gasteiger partial charge < -0.3 is 4.42 Å². The average molecular weight is 732 g/mol. The van der Waals surface area contributed by atoms with E-state index in [2.05, 4.69) is 158 Å². The summed E-state index contributed by atoms with van der Waals surface area (Å²) in [5.74, 6) is 1.88. The van der Waals surface area contributed by atoms with Crippen molar-refractivity contribution < 1.29 is 4.42 Å². The third-order valence-electron chi connectivity index (χ3n) is 11.1. The van der Waals surface area contributed by atoms with Crippen molar-refractivity contribution in [3.05, 3.63) is 176 Å². The van der Waals surface area contributed by atoms with Crippen molar-refractivity contribution in [1.29, 1.82) is 0 Å². The van der Waals surface area contributed by atoms with Gasteiger partial charge in [-0.2, -0.15) is 0 Å². The third kappa shape index (κ3) is 4.75. The molecule has 12 aromatic rings. The van der Waals surface area contributed by atoms with E-state index in [1.165, 1.54) is 41.7 Å². The van der Waals surface area contributed by atoms with Crippen molar-refractivity contribution >= 4 is 85.8 Å². The lowest BCUT2D eigenvalue weighted by molar-refractivity contribution is 0.669. The van der Waals surface area contributed by atoms with E-state index in [0.717, 1.165) is 60.5 Å². The van der Waals surface area contributed by atoms with E-state index in [1.54, 1.807) is 11.3 Å². The summed E-state index contributed by atoms with van der Waals surface area (Å²) in [6, 6.07) is 62.1. The van der Waals surface area contributed by atoms with Gasteiger partial charge in [-0.1, -0.05) is 146 Å². The number of benzene rings is 9. The number of hydrogen-bond acceptors (Lipinski definition) is 5. The topological polar surface area (TPSA) is 51.8 Å². The molecule has 0 amide bonds. The Morgan fingerprint density at radius 2 is 0.964 bits per heavy atom. The molecular formula is C51H29N3OS. The van der Waals surface area contributed by atoms with Gasteiger partial charge >= 0.3 is 0 Å². The minimum absolute atomic E-state index is 0.614. The molecule has 0 bridgehead atoms. The standard InChI is InChI=1S/C51H29N3OS/c1-4-15-34-30(12-1)24-27-39-33-14-3-2-13-31(33)28-42(47(34)39)51-53-49(32-25-26-37-36-17-8-10-23-45(36)56-46(37)29-32)52-50(54-51)40-18-6-5-16-35(40)38-20-11-22-44-48(38)41-19-7-9-21-43(41)55-44/h1-29H. The molecule has 0 aliphatic rings. The Morgan fingerprint density at radius 1 is 0.339 bits per heavy atom. The van der Waals surface area contributed by atoms with Crippen molar-refractivity contribution in [2.75, 3.05) is 0 Å². The molecule has 0 N–H and O–H groups in total. The van der Waals surface area contributed by atoms with Crippen LogP contribution in [0.3, 0.4) is 0 Å². The van der Waals surface area contributed by atoms with Crippen LogP contribution in [0.4, 0.5) is 0 Å². The second kappa shape index (κ2) is 12.2. The van der Waals surface area contributed by atoms with Gasteiger partial charge in [-0.3, -0.25) is 0 Å². The fraction of sp³-hybridized carbons (Fsp3) is 0. The van der Waals surface area contributed by atoms with Crippen LogP contribution in [0.2, 0.25) is 0 Å².